The fourth-order valence-electron chi connectivity index (χ4n) is 1.20. The zero-order valence-electron chi connectivity index (χ0n) is 8.10. The molecule has 0 radical (unpaired) electrons. The van der Waals surface area contributed by atoms with Gasteiger partial charge in [0.1, 0.15) is 5.82 Å². The molecule has 0 fully saturated rings. The van der Waals surface area contributed by atoms with Crippen LogP contribution in [0.2, 0.25) is 0 Å². The van der Waals surface area contributed by atoms with E-state index in [2.05, 4.69) is 5.32 Å². The maximum Gasteiger partial charge on any atom is 0.123 e. The van der Waals surface area contributed by atoms with Gasteiger partial charge in [0.25, 0.3) is 0 Å². The van der Waals surface area contributed by atoms with Crippen molar-refractivity contribution in [3.63, 3.8) is 0 Å². The maximum absolute atomic E-state index is 12.5. The van der Waals surface area contributed by atoms with E-state index in [0.717, 1.165) is 31.5 Å². The minimum atomic E-state index is -0.177. The average Bonchev–Trinajstić information content (AvgIpc) is 2.21. The Bertz CT molecular complexity index is 248. The number of rotatable bonds is 6. The van der Waals surface area contributed by atoms with Gasteiger partial charge in [0.2, 0.25) is 0 Å². The fraction of sp³-hybridized carbons (Fsp3) is 0.455. The molecule has 0 aliphatic carbocycles. The molecule has 0 aromatic heterocycles. The van der Waals surface area contributed by atoms with Crippen LogP contribution >= 0.6 is 11.6 Å². The molecule has 0 heterocycles. The Morgan fingerprint density at radius 1 is 1.14 bits per heavy atom. The van der Waals surface area contributed by atoms with Crippen LogP contribution in [0.3, 0.4) is 0 Å². The van der Waals surface area contributed by atoms with Crippen molar-refractivity contribution < 1.29 is 4.39 Å². The van der Waals surface area contributed by atoms with Crippen LogP contribution in [0.25, 0.3) is 0 Å². The van der Waals surface area contributed by atoms with E-state index >= 15 is 0 Å². The number of nitrogens with one attached hydrogen (secondary N) is 1. The van der Waals surface area contributed by atoms with Crippen LogP contribution in [-0.4, -0.2) is 19.0 Å². The van der Waals surface area contributed by atoms with Crippen LogP contribution in [-0.2, 0) is 6.42 Å². The maximum atomic E-state index is 12.5. The molecule has 1 rings (SSSR count). The van der Waals surface area contributed by atoms with Crippen molar-refractivity contribution in [1.29, 1.82) is 0 Å². The number of benzene rings is 1. The molecule has 0 unspecified atom stereocenters. The Kier molecular flexibility index (Phi) is 5.57. The minimum Gasteiger partial charge on any atom is -0.316 e. The van der Waals surface area contributed by atoms with Crippen molar-refractivity contribution in [2.75, 3.05) is 19.0 Å². The number of halogens is 2. The molecule has 1 aromatic carbocycles. The second kappa shape index (κ2) is 6.80. The highest BCUT2D eigenvalue weighted by Crippen LogP contribution is 2.02. The Labute approximate surface area is 89.3 Å². The van der Waals surface area contributed by atoms with E-state index in [1.165, 1.54) is 12.1 Å². The van der Waals surface area contributed by atoms with Crippen LogP contribution < -0.4 is 5.32 Å². The lowest BCUT2D eigenvalue weighted by Gasteiger charge is -2.03. The van der Waals surface area contributed by atoms with E-state index in [0.29, 0.717) is 5.88 Å². The quantitative estimate of drug-likeness (QED) is 0.568. The molecule has 0 aliphatic heterocycles. The molecule has 78 valence electrons. The molecular formula is C11H15ClFN. The summed E-state index contributed by atoms with van der Waals surface area (Å²) in [5.74, 6) is 0.521. The first-order chi connectivity index (χ1) is 6.83. The van der Waals surface area contributed by atoms with E-state index in [9.17, 15) is 4.39 Å². The topological polar surface area (TPSA) is 12.0 Å². The summed E-state index contributed by atoms with van der Waals surface area (Å²) >= 11 is 5.53. The normalized spacial score (nSPS) is 10.4. The molecule has 0 bridgehead atoms. The molecule has 0 spiro atoms. The first-order valence-corrected chi connectivity index (χ1v) is 5.37. The summed E-state index contributed by atoms with van der Waals surface area (Å²) < 4.78 is 12.5. The molecule has 14 heavy (non-hydrogen) atoms. The SMILES string of the molecule is Fc1ccc(CCNCCCCl)cc1. The summed E-state index contributed by atoms with van der Waals surface area (Å²) in [4.78, 5) is 0. The highest BCUT2D eigenvalue weighted by atomic mass is 35.5. The van der Waals surface area contributed by atoms with E-state index in [1.807, 2.05) is 12.1 Å². The largest absolute Gasteiger partial charge is 0.316 e. The number of alkyl halides is 1. The van der Waals surface area contributed by atoms with Crippen LogP contribution in [0.15, 0.2) is 24.3 Å². The lowest BCUT2D eigenvalue weighted by atomic mass is 10.1. The van der Waals surface area contributed by atoms with Gasteiger partial charge in [-0.3, -0.25) is 0 Å². The van der Waals surface area contributed by atoms with Gasteiger partial charge < -0.3 is 5.32 Å². The molecule has 0 aliphatic rings. The summed E-state index contributed by atoms with van der Waals surface area (Å²) in [6.45, 7) is 1.87. The third kappa shape index (κ3) is 4.58. The van der Waals surface area contributed by atoms with Gasteiger partial charge >= 0.3 is 0 Å². The van der Waals surface area contributed by atoms with E-state index in [-0.39, 0.29) is 5.82 Å². The first-order valence-electron chi connectivity index (χ1n) is 4.84. The Balaban J connectivity index is 2.15. The Hall–Kier alpha value is -0.600. The first kappa shape index (κ1) is 11.5. The van der Waals surface area contributed by atoms with Gasteiger partial charge in [-0.15, -0.1) is 11.6 Å². The van der Waals surface area contributed by atoms with Gasteiger partial charge in [-0.2, -0.15) is 0 Å². The standard InChI is InChI=1S/C11H15ClFN/c12-7-1-8-14-9-6-10-2-4-11(13)5-3-10/h2-5,14H,1,6-9H2. The number of hydrogen-bond donors (Lipinski definition) is 1. The smallest absolute Gasteiger partial charge is 0.123 e. The van der Waals surface area contributed by atoms with Gasteiger partial charge in [-0.1, -0.05) is 12.1 Å². The third-order valence-corrected chi connectivity index (χ3v) is 2.26. The van der Waals surface area contributed by atoms with Crippen molar-refractivity contribution in [2.45, 2.75) is 12.8 Å². The van der Waals surface area contributed by atoms with Crippen molar-refractivity contribution in [3.8, 4) is 0 Å². The zero-order valence-corrected chi connectivity index (χ0v) is 8.86. The molecule has 1 N–H and O–H groups in total. The molecule has 0 atom stereocenters. The van der Waals surface area contributed by atoms with Crippen molar-refractivity contribution in [1.82, 2.24) is 5.32 Å². The van der Waals surface area contributed by atoms with Crippen LogP contribution in [0, 0.1) is 5.82 Å². The summed E-state index contributed by atoms with van der Waals surface area (Å²) in [5.41, 5.74) is 1.16. The predicted molar refractivity (Wildman–Crippen MR) is 58.3 cm³/mol. The van der Waals surface area contributed by atoms with Crippen LogP contribution in [0.1, 0.15) is 12.0 Å². The molecule has 0 saturated carbocycles. The minimum absolute atomic E-state index is 0.177. The van der Waals surface area contributed by atoms with Crippen molar-refractivity contribution in [2.24, 2.45) is 0 Å². The second-order valence-corrected chi connectivity index (χ2v) is 3.55. The number of hydrogen-bond acceptors (Lipinski definition) is 1. The molecular weight excluding hydrogens is 201 g/mol. The van der Waals surface area contributed by atoms with Gasteiger partial charge in [0.05, 0.1) is 0 Å². The fourth-order valence-corrected chi connectivity index (χ4v) is 1.33. The van der Waals surface area contributed by atoms with E-state index in [4.69, 9.17) is 11.6 Å². The lowest BCUT2D eigenvalue weighted by Crippen LogP contribution is -2.18. The monoisotopic (exact) mass is 215 g/mol. The molecule has 1 aromatic rings. The predicted octanol–water partition coefficient (Wildman–Crippen LogP) is 2.59. The summed E-state index contributed by atoms with van der Waals surface area (Å²) in [5, 5.41) is 3.27. The zero-order chi connectivity index (χ0) is 10.2. The Morgan fingerprint density at radius 2 is 1.86 bits per heavy atom. The third-order valence-electron chi connectivity index (χ3n) is 1.99. The average molecular weight is 216 g/mol. The molecule has 0 saturated heterocycles. The molecule has 1 nitrogen and oxygen atoms in total. The second-order valence-electron chi connectivity index (χ2n) is 3.17. The lowest BCUT2D eigenvalue weighted by molar-refractivity contribution is 0.625. The Morgan fingerprint density at radius 3 is 2.50 bits per heavy atom. The summed E-state index contributed by atoms with van der Waals surface area (Å²) in [6.07, 6.45) is 1.92. The highest BCUT2D eigenvalue weighted by Gasteiger charge is 1.93. The molecule has 3 heteroatoms. The summed E-state index contributed by atoms with van der Waals surface area (Å²) in [6, 6.07) is 6.62. The summed E-state index contributed by atoms with van der Waals surface area (Å²) in [7, 11) is 0. The van der Waals surface area contributed by atoms with E-state index in [1.54, 1.807) is 0 Å². The van der Waals surface area contributed by atoms with E-state index < -0.39 is 0 Å². The molecule has 0 amide bonds. The van der Waals surface area contributed by atoms with Crippen molar-refractivity contribution in [3.05, 3.63) is 35.6 Å². The van der Waals surface area contributed by atoms with Crippen molar-refractivity contribution >= 4 is 11.6 Å². The van der Waals surface area contributed by atoms with Gasteiger partial charge in [-0.25, -0.2) is 4.39 Å². The van der Waals surface area contributed by atoms with Gasteiger partial charge in [0, 0.05) is 5.88 Å². The van der Waals surface area contributed by atoms with Gasteiger partial charge in [0.15, 0.2) is 0 Å². The van der Waals surface area contributed by atoms with Gasteiger partial charge in [-0.05, 0) is 43.6 Å². The highest BCUT2D eigenvalue weighted by molar-refractivity contribution is 6.17. The van der Waals surface area contributed by atoms with Crippen LogP contribution in [0.4, 0.5) is 4.39 Å². The van der Waals surface area contributed by atoms with Crippen LogP contribution in [0.5, 0.6) is 0 Å².